The zero-order valence-corrected chi connectivity index (χ0v) is 14.7. The van der Waals surface area contributed by atoms with Crippen LogP contribution < -0.4 is 5.32 Å². The molecule has 2 aromatic rings. The van der Waals surface area contributed by atoms with E-state index in [4.69, 9.17) is 0 Å². The third kappa shape index (κ3) is 3.48. The second-order valence-corrected chi connectivity index (χ2v) is 8.73. The third-order valence-electron chi connectivity index (χ3n) is 4.25. The van der Waals surface area contributed by atoms with Crippen molar-refractivity contribution in [3.8, 4) is 0 Å². The van der Waals surface area contributed by atoms with Gasteiger partial charge in [-0.3, -0.25) is 4.79 Å². The summed E-state index contributed by atoms with van der Waals surface area (Å²) in [4.78, 5) is 11.2. The number of carbonyl (C=O) groups is 1. The molecule has 0 bridgehead atoms. The predicted molar refractivity (Wildman–Crippen MR) is 87.1 cm³/mol. The van der Waals surface area contributed by atoms with Gasteiger partial charge in [-0.1, -0.05) is 6.07 Å². The van der Waals surface area contributed by atoms with Crippen molar-refractivity contribution >= 4 is 27.1 Å². The van der Waals surface area contributed by atoms with Gasteiger partial charge in [-0.25, -0.2) is 17.2 Å². The second kappa shape index (κ2) is 6.99. The van der Waals surface area contributed by atoms with E-state index in [0.717, 1.165) is 29.5 Å². The first-order valence-electron chi connectivity index (χ1n) is 7.55. The van der Waals surface area contributed by atoms with Gasteiger partial charge in [-0.2, -0.15) is 8.78 Å². The zero-order chi connectivity index (χ0) is 19.1. The Morgan fingerprint density at radius 3 is 2.50 bits per heavy atom. The molecule has 0 spiro atoms. The number of rotatable bonds is 5. The quantitative estimate of drug-likeness (QED) is 0.769. The Balaban J connectivity index is 1.66. The monoisotopic (exact) mass is 407 g/mol. The van der Waals surface area contributed by atoms with E-state index in [1.54, 1.807) is 0 Å². The molecule has 1 aliphatic rings. The van der Waals surface area contributed by atoms with Gasteiger partial charge in [0.25, 0.3) is 5.91 Å². The van der Waals surface area contributed by atoms with Gasteiger partial charge in [-0.15, -0.1) is 11.3 Å². The molecule has 1 aromatic carbocycles. The minimum absolute atomic E-state index is 0.200. The van der Waals surface area contributed by atoms with E-state index in [1.807, 2.05) is 0 Å². The predicted octanol–water partition coefficient (Wildman–Crippen LogP) is 3.70. The molecule has 0 saturated heterocycles. The van der Waals surface area contributed by atoms with Crippen LogP contribution in [0.4, 0.5) is 17.6 Å². The minimum atomic E-state index is -4.87. The molecule has 0 radical (unpaired) electrons. The molecule has 1 heterocycles. The van der Waals surface area contributed by atoms with Gasteiger partial charge in [0.1, 0.15) is 16.5 Å². The Bertz CT molecular complexity index is 937. The van der Waals surface area contributed by atoms with Crippen molar-refractivity contribution < 1.29 is 30.8 Å². The molecule has 1 N–H and O–H groups in total. The Morgan fingerprint density at radius 1 is 1.19 bits per heavy atom. The SMILES string of the molecule is O=C(NC1CC(c2ccc(F)cc2F)C1)c1sccc1S(=O)(=O)C(F)F. The molecule has 0 atom stereocenters. The van der Waals surface area contributed by atoms with Crippen molar-refractivity contribution in [2.75, 3.05) is 0 Å². The number of hydrogen-bond donors (Lipinski definition) is 1. The van der Waals surface area contributed by atoms with E-state index in [9.17, 15) is 30.8 Å². The maximum absolute atomic E-state index is 13.7. The van der Waals surface area contributed by atoms with Crippen molar-refractivity contribution in [1.82, 2.24) is 5.32 Å². The van der Waals surface area contributed by atoms with Gasteiger partial charge in [0.15, 0.2) is 0 Å². The van der Waals surface area contributed by atoms with E-state index in [0.29, 0.717) is 18.4 Å². The fourth-order valence-corrected chi connectivity index (χ4v) is 4.93. The summed E-state index contributed by atoms with van der Waals surface area (Å²) in [5.41, 5.74) is 0.342. The lowest BCUT2D eigenvalue weighted by Gasteiger charge is -2.36. The van der Waals surface area contributed by atoms with E-state index in [-0.39, 0.29) is 16.8 Å². The number of nitrogens with one attached hydrogen (secondary N) is 1. The lowest BCUT2D eigenvalue weighted by Crippen LogP contribution is -2.43. The molecule has 4 nitrogen and oxygen atoms in total. The standard InChI is InChI=1S/C16H13F4NO3S2/c17-9-1-2-11(12(18)7-9)8-5-10(6-8)21-15(22)14-13(3-4-25-14)26(23,24)16(19)20/h1-4,7-8,10,16H,5-6H2,(H,21,22). The van der Waals surface area contributed by atoms with Crippen LogP contribution in [0.1, 0.15) is 34.0 Å². The van der Waals surface area contributed by atoms with E-state index < -0.39 is 38.0 Å². The van der Waals surface area contributed by atoms with Crippen molar-refractivity contribution in [2.24, 2.45) is 0 Å². The van der Waals surface area contributed by atoms with Crippen molar-refractivity contribution in [3.05, 3.63) is 51.7 Å². The van der Waals surface area contributed by atoms with Crippen molar-refractivity contribution in [1.29, 1.82) is 0 Å². The highest BCUT2D eigenvalue weighted by atomic mass is 32.2. The van der Waals surface area contributed by atoms with E-state index in [2.05, 4.69) is 5.32 Å². The van der Waals surface area contributed by atoms with Crippen LogP contribution in [0.2, 0.25) is 0 Å². The third-order valence-corrected chi connectivity index (χ3v) is 6.72. The number of hydrogen-bond acceptors (Lipinski definition) is 4. The van der Waals surface area contributed by atoms with Crippen molar-refractivity contribution in [3.63, 3.8) is 0 Å². The number of thiophene rings is 1. The highest BCUT2D eigenvalue weighted by molar-refractivity contribution is 7.92. The highest BCUT2D eigenvalue weighted by Gasteiger charge is 2.36. The Kier molecular flexibility index (Phi) is 5.07. The Morgan fingerprint density at radius 2 is 1.88 bits per heavy atom. The average Bonchev–Trinajstić information content (AvgIpc) is 3.01. The van der Waals surface area contributed by atoms with Gasteiger partial charge in [-0.05, 0) is 41.8 Å². The number of carbonyl (C=O) groups excluding carboxylic acids is 1. The van der Waals surface area contributed by atoms with Gasteiger partial charge in [0, 0.05) is 12.1 Å². The lowest BCUT2D eigenvalue weighted by atomic mass is 9.75. The molecule has 10 heteroatoms. The second-order valence-electron chi connectivity index (χ2n) is 5.92. The molecule has 3 rings (SSSR count). The summed E-state index contributed by atoms with van der Waals surface area (Å²) < 4.78 is 75.2. The van der Waals surface area contributed by atoms with Gasteiger partial charge < -0.3 is 5.32 Å². The summed E-state index contributed by atoms with van der Waals surface area (Å²) >= 11 is 0.754. The average molecular weight is 407 g/mol. The van der Waals surface area contributed by atoms with Crippen LogP contribution >= 0.6 is 11.3 Å². The van der Waals surface area contributed by atoms with Crippen LogP contribution in [-0.2, 0) is 9.84 Å². The number of alkyl halides is 2. The highest BCUT2D eigenvalue weighted by Crippen LogP contribution is 2.38. The van der Waals surface area contributed by atoms with Crippen LogP contribution in [-0.4, -0.2) is 26.1 Å². The molecular formula is C16H13F4NO3S2. The molecular weight excluding hydrogens is 394 g/mol. The van der Waals surface area contributed by atoms with E-state index in [1.165, 1.54) is 11.4 Å². The van der Waals surface area contributed by atoms with Crippen LogP contribution in [0.15, 0.2) is 34.5 Å². The Labute approximate surface area is 150 Å². The fraction of sp³-hybridized carbons (Fsp3) is 0.312. The number of benzene rings is 1. The number of sulfone groups is 1. The van der Waals surface area contributed by atoms with Crippen molar-refractivity contribution in [2.45, 2.75) is 35.5 Å². The largest absolute Gasteiger partial charge is 0.349 e. The summed E-state index contributed by atoms with van der Waals surface area (Å²) in [5, 5.41) is 3.82. The fourth-order valence-electron chi connectivity index (χ4n) is 2.86. The first kappa shape index (κ1) is 18.8. The molecule has 1 aliphatic carbocycles. The summed E-state index contributed by atoms with van der Waals surface area (Å²) in [6.07, 6.45) is 0.771. The number of amides is 1. The van der Waals surface area contributed by atoms with Crippen LogP contribution in [0.5, 0.6) is 0 Å². The smallest absolute Gasteiger partial charge is 0.341 e. The summed E-state index contributed by atoms with van der Waals surface area (Å²) in [5.74, 6) is -5.92. The van der Waals surface area contributed by atoms with Gasteiger partial charge >= 0.3 is 5.76 Å². The topological polar surface area (TPSA) is 63.2 Å². The first-order valence-corrected chi connectivity index (χ1v) is 9.98. The van der Waals surface area contributed by atoms with Crippen LogP contribution in [0.25, 0.3) is 0 Å². The zero-order valence-electron chi connectivity index (χ0n) is 13.1. The summed E-state index contributed by atoms with van der Waals surface area (Å²) in [6, 6.07) is 3.91. The van der Waals surface area contributed by atoms with Crippen LogP contribution in [0.3, 0.4) is 0 Å². The van der Waals surface area contributed by atoms with Gasteiger partial charge in [0.2, 0.25) is 9.84 Å². The maximum atomic E-state index is 13.7. The molecule has 140 valence electrons. The first-order chi connectivity index (χ1) is 12.2. The summed E-state index contributed by atoms with van der Waals surface area (Å²) in [6.45, 7) is 0. The van der Waals surface area contributed by atoms with Gasteiger partial charge in [0.05, 0.1) is 4.90 Å². The Hall–Kier alpha value is -1.94. The molecule has 1 fully saturated rings. The molecule has 0 unspecified atom stereocenters. The normalized spacial score (nSPS) is 20.0. The lowest BCUT2D eigenvalue weighted by molar-refractivity contribution is 0.0909. The molecule has 26 heavy (non-hydrogen) atoms. The molecule has 1 amide bonds. The molecule has 0 aliphatic heterocycles. The van der Waals surface area contributed by atoms with Crippen LogP contribution in [0, 0.1) is 11.6 Å². The number of halogens is 4. The molecule has 1 saturated carbocycles. The summed E-state index contributed by atoms with van der Waals surface area (Å²) in [7, 11) is -4.87. The minimum Gasteiger partial charge on any atom is -0.349 e. The van der Waals surface area contributed by atoms with E-state index >= 15 is 0 Å². The maximum Gasteiger partial charge on any atom is 0.341 e. The molecule has 1 aromatic heterocycles.